The average molecular weight is 263 g/mol. The second-order valence-electron chi connectivity index (χ2n) is 5.55. The third kappa shape index (κ3) is 4.33. The van der Waals surface area contributed by atoms with Crippen molar-refractivity contribution in [3.8, 4) is 0 Å². The van der Waals surface area contributed by atoms with Crippen molar-refractivity contribution < 1.29 is 0 Å². The fourth-order valence-electron chi connectivity index (χ4n) is 2.46. The summed E-state index contributed by atoms with van der Waals surface area (Å²) in [6.45, 7) is 6.94. The first kappa shape index (κ1) is 14.0. The van der Waals surface area contributed by atoms with Crippen LogP contribution in [0, 0.1) is 5.92 Å². The lowest BCUT2D eigenvalue weighted by Gasteiger charge is -2.22. The van der Waals surface area contributed by atoms with Crippen molar-refractivity contribution >= 4 is 11.8 Å². The SMILES string of the molecule is CC(C)c1ccc(SCCC2CCNCC2)cc1. The molecular weight excluding hydrogens is 238 g/mol. The Morgan fingerprint density at radius 2 is 1.83 bits per heavy atom. The van der Waals surface area contributed by atoms with Crippen LogP contribution in [-0.4, -0.2) is 18.8 Å². The van der Waals surface area contributed by atoms with Crippen LogP contribution < -0.4 is 5.32 Å². The topological polar surface area (TPSA) is 12.0 Å². The first-order chi connectivity index (χ1) is 8.75. The maximum atomic E-state index is 3.43. The standard InChI is InChI=1S/C16H25NS/c1-13(2)15-3-5-16(6-4-15)18-12-9-14-7-10-17-11-8-14/h3-6,13-14,17H,7-12H2,1-2H3. The second kappa shape index (κ2) is 7.20. The van der Waals surface area contributed by atoms with Crippen LogP contribution in [0.4, 0.5) is 0 Å². The van der Waals surface area contributed by atoms with Gasteiger partial charge in [0, 0.05) is 4.90 Å². The van der Waals surface area contributed by atoms with Crippen molar-refractivity contribution in [2.24, 2.45) is 5.92 Å². The van der Waals surface area contributed by atoms with Crippen molar-refractivity contribution in [2.75, 3.05) is 18.8 Å². The molecule has 0 aromatic heterocycles. The van der Waals surface area contributed by atoms with Gasteiger partial charge in [-0.3, -0.25) is 0 Å². The molecule has 1 aliphatic heterocycles. The molecule has 18 heavy (non-hydrogen) atoms. The number of hydrogen-bond donors (Lipinski definition) is 1. The van der Waals surface area contributed by atoms with E-state index in [0.29, 0.717) is 5.92 Å². The summed E-state index contributed by atoms with van der Waals surface area (Å²) >= 11 is 2.01. The quantitative estimate of drug-likeness (QED) is 0.795. The van der Waals surface area contributed by atoms with Gasteiger partial charge in [-0.1, -0.05) is 26.0 Å². The molecule has 1 fully saturated rings. The van der Waals surface area contributed by atoms with Crippen molar-refractivity contribution in [1.82, 2.24) is 5.32 Å². The largest absolute Gasteiger partial charge is 0.317 e. The van der Waals surface area contributed by atoms with Crippen LogP contribution in [0.3, 0.4) is 0 Å². The highest BCUT2D eigenvalue weighted by atomic mass is 32.2. The van der Waals surface area contributed by atoms with Crippen molar-refractivity contribution in [3.05, 3.63) is 29.8 Å². The summed E-state index contributed by atoms with van der Waals surface area (Å²) in [6.07, 6.45) is 4.11. The minimum Gasteiger partial charge on any atom is -0.317 e. The summed E-state index contributed by atoms with van der Waals surface area (Å²) in [6, 6.07) is 9.11. The van der Waals surface area contributed by atoms with E-state index in [1.54, 1.807) is 0 Å². The van der Waals surface area contributed by atoms with Crippen LogP contribution in [0.2, 0.25) is 0 Å². The van der Waals surface area contributed by atoms with E-state index in [2.05, 4.69) is 43.4 Å². The molecule has 0 unspecified atom stereocenters. The number of benzene rings is 1. The summed E-state index contributed by atoms with van der Waals surface area (Å²) in [4.78, 5) is 1.42. The van der Waals surface area contributed by atoms with E-state index in [1.807, 2.05) is 11.8 Å². The Balaban J connectivity index is 1.72. The molecule has 0 spiro atoms. The average Bonchev–Trinajstić information content (AvgIpc) is 2.40. The van der Waals surface area contributed by atoms with Gasteiger partial charge in [-0.15, -0.1) is 11.8 Å². The Labute approximate surface area is 116 Å². The van der Waals surface area contributed by atoms with Crippen molar-refractivity contribution in [2.45, 2.75) is 43.9 Å². The van der Waals surface area contributed by atoms with E-state index >= 15 is 0 Å². The Morgan fingerprint density at radius 1 is 1.17 bits per heavy atom. The molecule has 1 N–H and O–H groups in total. The lowest BCUT2D eigenvalue weighted by atomic mass is 9.96. The Kier molecular flexibility index (Phi) is 5.58. The van der Waals surface area contributed by atoms with Gasteiger partial charge >= 0.3 is 0 Å². The van der Waals surface area contributed by atoms with Gasteiger partial charge in [0.2, 0.25) is 0 Å². The predicted molar refractivity (Wildman–Crippen MR) is 81.5 cm³/mol. The fraction of sp³-hybridized carbons (Fsp3) is 0.625. The minimum atomic E-state index is 0.638. The Morgan fingerprint density at radius 3 is 2.44 bits per heavy atom. The van der Waals surface area contributed by atoms with E-state index in [1.165, 1.54) is 48.6 Å². The van der Waals surface area contributed by atoms with Gasteiger partial charge in [-0.2, -0.15) is 0 Å². The molecular formula is C16H25NS. The maximum Gasteiger partial charge on any atom is 0.00721 e. The molecule has 1 aromatic rings. The van der Waals surface area contributed by atoms with Crippen LogP contribution in [0.1, 0.15) is 44.6 Å². The van der Waals surface area contributed by atoms with Crippen LogP contribution >= 0.6 is 11.8 Å². The van der Waals surface area contributed by atoms with E-state index in [-0.39, 0.29) is 0 Å². The number of rotatable bonds is 5. The smallest absolute Gasteiger partial charge is 0.00721 e. The van der Waals surface area contributed by atoms with Gasteiger partial charge in [-0.05, 0) is 67.6 Å². The maximum absolute atomic E-state index is 3.43. The van der Waals surface area contributed by atoms with Crippen LogP contribution in [0.15, 0.2) is 29.2 Å². The molecule has 1 heterocycles. The Hall–Kier alpha value is -0.470. The highest BCUT2D eigenvalue weighted by Gasteiger charge is 2.12. The first-order valence-corrected chi connectivity index (χ1v) is 8.17. The van der Waals surface area contributed by atoms with E-state index < -0.39 is 0 Å². The van der Waals surface area contributed by atoms with E-state index in [0.717, 1.165) is 5.92 Å². The van der Waals surface area contributed by atoms with Gasteiger partial charge < -0.3 is 5.32 Å². The van der Waals surface area contributed by atoms with Crippen molar-refractivity contribution in [3.63, 3.8) is 0 Å². The molecule has 0 amide bonds. The molecule has 1 nitrogen and oxygen atoms in total. The molecule has 100 valence electrons. The Bertz CT molecular complexity index is 339. The van der Waals surface area contributed by atoms with Crippen LogP contribution in [-0.2, 0) is 0 Å². The minimum absolute atomic E-state index is 0.638. The molecule has 1 aliphatic rings. The second-order valence-corrected chi connectivity index (χ2v) is 6.72. The predicted octanol–water partition coefficient (Wildman–Crippen LogP) is 4.29. The number of hydrogen-bond acceptors (Lipinski definition) is 2. The van der Waals surface area contributed by atoms with Crippen LogP contribution in [0.25, 0.3) is 0 Å². The monoisotopic (exact) mass is 263 g/mol. The van der Waals surface area contributed by atoms with Gasteiger partial charge in [0.25, 0.3) is 0 Å². The third-order valence-electron chi connectivity index (χ3n) is 3.80. The summed E-state index contributed by atoms with van der Waals surface area (Å²) in [5.74, 6) is 2.86. The molecule has 2 heteroatoms. The van der Waals surface area contributed by atoms with E-state index in [4.69, 9.17) is 0 Å². The molecule has 0 saturated carbocycles. The molecule has 0 aliphatic carbocycles. The summed E-state index contributed by atoms with van der Waals surface area (Å²) in [5.41, 5.74) is 1.44. The number of piperidine rings is 1. The molecule has 2 rings (SSSR count). The summed E-state index contributed by atoms with van der Waals surface area (Å²) < 4.78 is 0. The zero-order valence-electron chi connectivity index (χ0n) is 11.6. The molecule has 0 bridgehead atoms. The van der Waals surface area contributed by atoms with Crippen molar-refractivity contribution in [1.29, 1.82) is 0 Å². The zero-order valence-corrected chi connectivity index (χ0v) is 12.4. The summed E-state index contributed by atoms with van der Waals surface area (Å²) in [7, 11) is 0. The van der Waals surface area contributed by atoms with Crippen LogP contribution in [0.5, 0.6) is 0 Å². The van der Waals surface area contributed by atoms with Gasteiger partial charge in [0.1, 0.15) is 0 Å². The molecule has 1 aromatic carbocycles. The van der Waals surface area contributed by atoms with Gasteiger partial charge in [0.15, 0.2) is 0 Å². The molecule has 0 atom stereocenters. The lowest BCUT2D eigenvalue weighted by Crippen LogP contribution is -2.27. The highest BCUT2D eigenvalue weighted by Crippen LogP contribution is 2.25. The van der Waals surface area contributed by atoms with Gasteiger partial charge in [0.05, 0.1) is 0 Å². The fourth-order valence-corrected chi connectivity index (χ4v) is 3.48. The zero-order chi connectivity index (χ0) is 12.8. The number of thioether (sulfide) groups is 1. The lowest BCUT2D eigenvalue weighted by molar-refractivity contribution is 0.367. The van der Waals surface area contributed by atoms with E-state index in [9.17, 15) is 0 Å². The highest BCUT2D eigenvalue weighted by molar-refractivity contribution is 7.99. The first-order valence-electron chi connectivity index (χ1n) is 7.19. The molecule has 1 saturated heterocycles. The van der Waals surface area contributed by atoms with Gasteiger partial charge in [-0.25, -0.2) is 0 Å². The number of nitrogens with one attached hydrogen (secondary N) is 1. The molecule has 0 radical (unpaired) electrons. The normalized spacial score (nSPS) is 17.3. The summed E-state index contributed by atoms with van der Waals surface area (Å²) in [5, 5.41) is 3.43. The third-order valence-corrected chi connectivity index (χ3v) is 4.85.